The predicted octanol–water partition coefficient (Wildman–Crippen LogP) is 2.55. The van der Waals surface area contributed by atoms with Crippen LogP contribution in [0.25, 0.3) is 0 Å². The van der Waals surface area contributed by atoms with Crippen molar-refractivity contribution in [3.05, 3.63) is 47.1 Å². The Morgan fingerprint density at radius 3 is 2.50 bits per heavy atom. The molecule has 0 saturated heterocycles. The lowest BCUT2D eigenvalue weighted by Crippen LogP contribution is -2.48. The smallest absolute Gasteiger partial charge is 0.125 e. The quantitative estimate of drug-likeness (QED) is 0.848. The number of allylic oxidation sites excluding steroid dienone is 1. The van der Waals surface area contributed by atoms with Gasteiger partial charge in [-0.2, -0.15) is 5.01 Å². The van der Waals surface area contributed by atoms with Gasteiger partial charge in [-0.15, -0.1) is 10.3 Å². The summed E-state index contributed by atoms with van der Waals surface area (Å²) < 4.78 is 0. The van der Waals surface area contributed by atoms with Crippen LogP contribution in [0.5, 0.6) is 0 Å². The van der Waals surface area contributed by atoms with Gasteiger partial charge >= 0.3 is 0 Å². The lowest BCUT2D eigenvalue weighted by Gasteiger charge is -2.33. The topological polar surface area (TPSA) is 30.9 Å². The van der Waals surface area contributed by atoms with Crippen molar-refractivity contribution >= 4 is 17.3 Å². The predicted molar refractivity (Wildman–Crippen MR) is 74.8 cm³/mol. The highest BCUT2D eigenvalue weighted by atomic mass is 35.5. The number of hydrazine groups is 2. The Balaban J connectivity index is 2.28. The van der Waals surface area contributed by atoms with E-state index in [9.17, 15) is 0 Å². The van der Waals surface area contributed by atoms with Crippen LogP contribution in [0, 0.1) is 0 Å². The summed E-state index contributed by atoms with van der Waals surface area (Å²) in [5, 5.41) is 8.87. The van der Waals surface area contributed by atoms with Crippen LogP contribution < -0.4 is 5.43 Å². The zero-order valence-electron chi connectivity index (χ0n) is 10.6. The highest BCUT2D eigenvalue weighted by Gasteiger charge is 2.16. The average molecular weight is 265 g/mol. The molecule has 0 spiro atoms. The fraction of sp³-hybridized carbons (Fsp3) is 0.308. The Morgan fingerprint density at radius 1 is 1.22 bits per heavy atom. The third kappa shape index (κ3) is 2.83. The van der Waals surface area contributed by atoms with Crippen molar-refractivity contribution in [1.82, 2.24) is 15.7 Å². The zero-order valence-corrected chi connectivity index (χ0v) is 11.4. The molecule has 0 saturated carbocycles. The number of hydrogen-bond donors (Lipinski definition) is 1. The van der Waals surface area contributed by atoms with Gasteiger partial charge in [0.15, 0.2) is 0 Å². The van der Waals surface area contributed by atoms with Gasteiger partial charge in [-0.25, -0.2) is 0 Å². The minimum absolute atomic E-state index is 0.566. The van der Waals surface area contributed by atoms with Gasteiger partial charge in [0.2, 0.25) is 0 Å². The van der Waals surface area contributed by atoms with E-state index in [1.165, 1.54) is 0 Å². The van der Waals surface area contributed by atoms with Crippen LogP contribution in [0.4, 0.5) is 0 Å². The monoisotopic (exact) mass is 264 g/mol. The van der Waals surface area contributed by atoms with Crippen LogP contribution >= 0.6 is 11.6 Å². The number of benzene rings is 1. The van der Waals surface area contributed by atoms with E-state index >= 15 is 0 Å². The summed E-state index contributed by atoms with van der Waals surface area (Å²) in [7, 11) is 0. The molecule has 1 N–H and O–H groups in total. The number of hydrogen-bond acceptors (Lipinski definition) is 4. The number of halogens is 1. The van der Waals surface area contributed by atoms with Gasteiger partial charge in [0.1, 0.15) is 5.16 Å². The first-order valence-electron chi connectivity index (χ1n) is 6.07. The van der Waals surface area contributed by atoms with E-state index in [2.05, 4.69) is 29.4 Å². The maximum Gasteiger partial charge on any atom is 0.125 e. The molecule has 5 heteroatoms. The van der Waals surface area contributed by atoms with Crippen molar-refractivity contribution < 1.29 is 0 Å². The molecule has 1 aliphatic rings. The fourth-order valence-electron chi connectivity index (χ4n) is 1.78. The SMILES string of the molecule is CCN(CC)N1N=C(c2ccccc2)C=C(Cl)N1. The van der Waals surface area contributed by atoms with Crippen molar-refractivity contribution in [3.8, 4) is 0 Å². The summed E-state index contributed by atoms with van der Waals surface area (Å²) >= 11 is 6.11. The van der Waals surface area contributed by atoms with Crippen LogP contribution in [0.15, 0.2) is 46.7 Å². The molecular formula is C13H17ClN4. The van der Waals surface area contributed by atoms with Gasteiger partial charge in [-0.1, -0.05) is 55.8 Å². The van der Waals surface area contributed by atoms with Crippen LogP contribution in [-0.2, 0) is 0 Å². The largest absolute Gasteiger partial charge is 0.256 e. The molecule has 1 aromatic rings. The van der Waals surface area contributed by atoms with Crippen LogP contribution in [0.2, 0.25) is 0 Å². The van der Waals surface area contributed by atoms with Gasteiger partial charge in [-0.3, -0.25) is 5.43 Å². The van der Waals surface area contributed by atoms with Gasteiger partial charge in [-0.05, 0) is 0 Å². The van der Waals surface area contributed by atoms with Crippen molar-refractivity contribution in [1.29, 1.82) is 0 Å². The molecule has 0 radical (unpaired) electrons. The van der Waals surface area contributed by atoms with E-state index in [0.29, 0.717) is 5.16 Å². The third-order valence-electron chi connectivity index (χ3n) is 2.74. The molecule has 18 heavy (non-hydrogen) atoms. The first-order valence-corrected chi connectivity index (χ1v) is 6.45. The minimum atomic E-state index is 0.566. The third-order valence-corrected chi connectivity index (χ3v) is 2.93. The Hall–Kier alpha value is -1.52. The molecule has 0 unspecified atom stereocenters. The summed E-state index contributed by atoms with van der Waals surface area (Å²) in [6.07, 6.45) is 1.83. The van der Waals surface area contributed by atoms with Gasteiger partial charge < -0.3 is 0 Å². The maximum atomic E-state index is 6.11. The van der Waals surface area contributed by atoms with Crippen molar-refractivity contribution in [2.24, 2.45) is 5.10 Å². The number of nitrogens with one attached hydrogen (secondary N) is 1. The fourth-order valence-corrected chi connectivity index (χ4v) is 1.96. The minimum Gasteiger partial charge on any atom is -0.256 e. The van der Waals surface area contributed by atoms with E-state index in [-0.39, 0.29) is 0 Å². The van der Waals surface area contributed by atoms with Crippen molar-refractivity contribution in [2.45, 2.75) is 13.8 Å². The Bertz CT molecular complexity index is 451. The molecule has 1 aliphatic heterocycles. The van der Waals surface area contributed by atoms with Crippen molar-refractivity contribution in [2.75, 3.05) is 13.1 Å². The Morgan fingerprint density at radius 2 is 1.89 bits per heavy atom. The molecule has 0 aromatic heterocycles. The molecule has 1 heterocycles. The Kier molecular flexibility index (Phi) is 4.23. The molecule has 96 valence electrons. The average Bonchev–Trinajstić information content (AvgIpc) is 2.40. The molecule has 0 amide bonds. The highest BCUT2D eigenvalue weighted by molar-refractivity contribution is 6.31. The summed E-state index contributed by atoms with van der Waals surface area (Å²) in [5.41, 5.74) is 4.92. The molecule has 2 rings (SSSR count). The molecular weight excluding hydrogens is 248 g/mol. The van der Waals surface area contributed by atoms with E-state index in [1.807, 2.05) is 36.4 Å². The van der Waals surface area contributed by atoms with Gasteiger partial charge in [0.25, 0.3) is 0 Å². The van der Waals surface area contributed by atoms with E-state index in [1.54, 1.807) is 5.23 Å². The molecule has 0 atom stereocenters. The normalized spacial score (nSPS) is 15.2. The van der Waals surface area contributed by atoms with E-state index in [0.717, 1.165) is 24.4 Å². The standard InChI is InChI=1S/C13H17ClN4/c1-3-17(4-2)18-15-12(10-13(14)16-18)11-8-6-5-7-9-11/h5-10,16H,3-4H2,1-2H3. The molecule has 0 bridgehead atoms. The van der Waals surface area contributed by atoms with Crippen LogP contribution in [-0.4, -0.2) is 29.0 Å². The van der Waals surface area contributed by atoms with Gasteiger partial charge in [0.05, 0.1) is 5.71 Å². The zero-order chi connectivity index (χ0) is 13.0. The van der Waals surface area contributed by atoms with E-state index < -0.39 is 0 Å². The van der Waals surface area contributed by atoms with Crippen molar-refractivity contribution in [3.63, 3.8) is 0 Å². The second kappa shape index (κ2) is 5.89. The number of nitrogens with zero attached hydrogens (tertiary/aromatic N) is 3. The second-order valence-electron chi connectivity index (χ2n) is 3.88. The summed E-state index contributed by atoms with van der Waals surface area (Å²) in [6, 6.07) is 10.0. The Labute approximate surface area is 112 Å². The summed E-state index contributed by atoms with van der Waals surface area (Å²) in [5.74, 6) is 0. The molecule has 0 fully saturated rings. The van der Waals surface area contributed by atoms with Crippen LogP contribution in [0.1, 0.15) is 19.4 Å². The lowest BCUT2D eigenvalue weighted by molar-refractivity contribution is -0.0504. The highest BCUT2D eigenvalue weighted by Crippen LogP contribution is 2.13. The summed E-state index contributed by atoms with van der Waals surface area (Å²) in [6.45, 7) is 5.88. The van der Waals surface area contributed by atoms with Gasteiger partial charge in [0, 0.05) is 24.7 Å². The summed E-state index contributed by atoms with van der Waals surface area (Å²) in [4.78, 5) is 0. The molecule has 0 aliphatic carbocycles. The molecule has 1 aromatic carbocycles. The van der Waals surface area contributed by atoms with Crippen LogP contribution in [0.3, 0.4) is 0 Å². The first kappa shape index (κ1) is 12.9. The lowest BCUT2D eigenvalue weighted by atomic mass is 10.1. The first-order chi connectivity index (χ1) is 8.74. The maximum absolute atomic E-state index is 6.11. The van der Waals surface area contributed by atoms with E-state index in [4.69, 9.17) is 11.6 Å². The number of hydrazone groups is 1. The second-order valence-corrected chi connectivity index (χ2v) is 4.29. The molecule has 4 nitrogen and oxygen atoms in total. The number of rotatable bonds is 4.